The Morgan fingerprint density at radius 2 is 2.54 bits per heavy atom. The summed E-state index contributed by atoms with van der Waals surface area (Å²) in [5.74, 6) is 6.82. The largest absolute Gasteiger partial charge is 0.495 e. The summed E-state index contributed by atoms with van der Waals surface area (Å²) in [6.45, 7) is 2.65. The highest BCUT2D eigenvalue weighted by molar-refractivity contribution is 7.12. The average molecular weight is 199 g/mol. The van der Waals surface area contributed by atoms with Crippen molar-refractivity contribution in [3.63, 3.8) is 0 Å². The van der Waals surface area contributed by atoms with Gasteiger partial charge >= 0.3 is 0 Å². The van der Waals surface area contributed by atoms with Crippen molar-refractivity contribution >= 4 is 17.2 Å². The van der Waals surface area contributed by atoms with Crippen LogP contribution in [0.2, 0.25) is 0 Å². The van der Waals surface area contributed by atoms with Crippen molar-refractivity contribution in [2.24, 2.45) is 10.8 Å². The Balaban J connectivity index is 2.97. The number of hydrazine groups is 1. The molecule has 1 aromatic rings. The minimum Gasteiger partial charge on any atom is -0.495 e. The van der Waals surface area contributed by atoms with Crippen LogP contribution in [0, 0.1) is 0 Å². The second-order valence-corrected chi connectivity index (χ2v) is 3.20. The first-order valence-electron chi connectivity index (χ1n) is 3.96. The smallest absolute Gasteiger partial charge is 0.156 e. The molecule has 1 heterocycles. The third-order valence-electron chi connectivity index (χ3n) is 1.52. The van der Waals surface area contributed by atoms with Gasteiger partial charge in [0.15, 0.2) is 5.84 Å². The molecule has 0 spiro atoms. The van der Waals surface area contributed by atoms with Crippen LogP contribution < -0.4 is 16.0 Å². The zero-order valence-electron chi connectivity index (χ0n) is 7.70. The summed E-state index contributed by atoms with van der Waals surface area (Å²) in [7, 11) is 1.63. The molecule has 0 bridgehead atoms. The van der Waals surface area contributed by atoms with Gasteiger partial charge in [0.25, 0.3) is 0 Å². The Kier molecular flexibility index (Phi) is 3.72. The van der Waals surface area contributed by atoms with E-state index < -0.39 is 0 Å². The molecule has 1 aromatic heterocycles. The van der Waals surface area contributed by atoms with E-state index >= 15 is 0 Å². The lowest BCUT2D eigenvalue weighted by molar-refractivity contribution is 0.416. The van der Waals surface area contributed by atoms with Crippen molar-refractivity contribution in [2.75, 3.05) is 13.7 Å². The van der Waals surface area contributed by atoms with Crippen LogP contribution in [-0.4, -0.2) is 19.5 Å². The monoisotopic (exact) mass is 199 g/mol. The molecule has 0 aromatic carbocycles. The number of rotatable bonds is 3. The molecule has 0 atom stereocenters. The Labute approximate surface area is 81.4 Å². The molecule has 13 heavy (non-hydrogen) atoms. The third kappa shape index (κ3) is 2.19. The highest BCUT2D eigenvalue weighted by atomic mass is 32.1. The van der Waals surface area contributed by atoms with Gasteiger partial charge < -0.3 is 10.2 Å². The molecule has 0 aliphatic carbocycles. The summed E-state index contributed by atoms with van der Waals surface area (Å²) in [5.41, 5.74) is 2.56. The van der Waals surface area contributed by atoms with Gasteiger partial charge in [-0.3, -0.25) is 4.99 Å². The summed E-state index contributed by atoms with van der Waals surface area (Å²) in [6.07, 6.45) is 0. The molecule has 0 aliphatic rings. The maximum absolute atomic E-state index is 5.34. The van der Waals surface area contributed by atoms with Crippen LogP contribution in [0.25, 0.3) is 0 Å². The molecule has 0 saturated heterocycles. The number of nitrogens with two attached hydrogens (primary N) is 1. The zero-order valence-corrected chi connectivity index (χ0v) is 8.52. The zero-order chi connectivity index (χ0) is 9.68. The first-order chi connectivity index (χ1) is 6.33. The normalized spacial score (nSPS) is 11.5. The van der Waals surface area contributed by atoms with Crippen LogP contribution in [0.4, 0.5) is 0 Å². The number of aliphatic imine (C=N–C) groups is 1. The highest BCUT2D eigenvalue weighted by Crippen LogP contribution is 2.24. The van der Waals surface area contributed by atoms with Crippen LogP contribution in [0.1, 0.15) is 11.8 Å². The van der Waals surface area contributed by atoms with Gasteiger partial charge in [0, 0.05) is 6.54 Å². The number of ether oxygens (including phenoxy) is 1. The van der Waals surface area contributed by atoms with Crippen LogP contribution in [0.5, 0.6) is 5.75 Å². The number of hydrogen-bond donors (Lipinski definition) is 2. The molecule has 0 amide bonds. The number of methoxy groups -OCH3 is 1. The van der Waals surface area contributed by atoms with Gasteiger partial charge in [-0.25, -0.2) is 5.84 Å². The molecular weight excluding hydrogens is 186 g/mol. The fourth-order valence-electron chi connectivity index (χ4n) is 0.972. The van der Waals surface area contributed by atoms with Crippen LogP contribution in [-0.2, 0) is 0 Å². The molecule has 1 rings (SSSR count). The molecule has 0 radical (unpaired) electrons. The third-order valence-corrected chi connectivity index (χ3v) is 2.42. The average Bonchev–Trinajstić information content (AvgIpc) is 2.61. The summed E-state index contributed by atoms with van der Waals surface area (Å²) >= 11 is 1.55. The number of thiophene rings is 1. The first-order valence-corrected chi connectivity index (χ1v) is 4.84. The minimum absolute atomic E-state index is 0.675. The lowest BCUT2D eigenvalue weighted by Crippen LogP contribution is -2.30. The molecule has 0 aliphatic heterocycles. The summed E-state index contributed by atoms with van der Waals surface area (Å²) in [4.78, 5) is 5.14. The van der Waals surface area contributed by atoms with Gasteiger partial charge in [-0.15, -0.1) is 11.3 Å². The van der Waals surface area contributed by atoms with Gasteiger partial charge in [-0.1, -0.05) is 0 Å². The Bertz CT molecular complexity index is 295. The maximum atomic E-state index is 5.34. The van der Waals surface area contributed by atoms with Crippen molar-refractivity contribution < 1.29 is 4.74 Å². The number of nitrogens with one attached hydrogen (secondary N) is 1. The predicted octanol–water partition coefficient (Wildman–Crippen LogP) is 0.987. The topological polar surface area (TPSA) is 59.6 Å². The molecule has 5 heteroatoms. The summed E-state index contributed by atoms with van der Waals surface area (Å²) < 4.78 is 5.15. The van der Waals surface area contributed by atoms with Gasteiger partial charge in [0.1, 0.15) is 10.6 Å². The lowest BCUT2D eigenvalue weighted by atomic mass is 10.4. The van der Waals surface area contributed by atoms with Crippen LogP contribution >= 0.6 is 11.3 Å². The van der Waals surface area contributed by atoms with E-state index in [1.165, 1.54) is 0 Å². The fourth-order valence-corrected chi connectivity index (χ4v) is 1.80. The van der Waals surface area contributed by atoms with E-state index in [-0.39, 0.29) is 0 Å². The molecule has 4 nitrogen and oxygen atoms in total. The van der Waals surface area contributed by atoms with Crippen molar-refractivity contribution in [3.05, 3.63) is 16.3 Å². The van der Waals surface area contributed by atoms with Crippen molar-refractivity contribution in [3.8, 4) is 5.75 Å². The van der Waals surface area contributed by atoms with E-state index in [1.54, 1.807) is 18.4 Å². The van der Waals surface area contributed by atoms with Gasteiger partial charge in [0.2, 0.25) is 0 Å². The maximum Gasteiger partial charge on any atom is 0.156 e. The van der Waals surface area contributed by atoms with E-state index in [0.29, 0.717) is 12.4 Å². The fraction of sp³-hybridized carbons (Fsp3) is 0.375. The molecule has 72 valence electrons. The quantitative estimate of drug-likeness (QED) is 0.330. The second-order valence-electron chi connectivity index (χ2n) is 2.29. The first kappa shape index (κ1) is 10.0. The van der Waals surface area contributed by atoms with Gasteiger partial charge in [0.05, 0.1) is 7.11 Å². The van der Waals surface area contributed by atoms with Crippen LogP contribution in [0.15, 0.2) is 16.4 Å². The molecule has 0 saturated carbocycles. The second kappa shape index (κ2) is 4.84. The van der Waals surface area contributed by atoms with Gasteiger partial charge in [-0.2, -0.15) is 0 Å². The predicted molar refractivity (Wildman–Crippen MR) is 55.3 cm³/mol. The summed E-state index contributed by atoms with van der Waals surface area (Å²) in [6, 6.07) is 1.89. The van der Waals surface area contributed by atoms with E-state index in [4.69, 9.17) is 10.6 Å². The minimum atomic E-state index is 0.675. The SMILES string of the molecule is CCN=C(NN)c1sccc1OC. The Hall–Kier alpha value is -1.07. The molecule has 3 N–H and O–H groups in total. The highest BCUT2D eigenvalue weighted by Gasteiger charge is 2.09. The Morgan fingerprint density at radius 3 is 3.08 bits per heavy atom. The van der Waals surface area contributed by atoms with Crippen molar-refractivity contribution in [2.45, 2.75) is 6.92 Å². The number of amidine groups is 1. The van der Waals surface area contributed by atoms with Crippen molar-refractivity contribution in [1.29, 1.82) is 0 Å². The summed E-state index contributed by atoms with van der Waals surface area (Å²) in [5, 5.41) is 1.94. The standard InChI is InChI=1S/C8H13N3OS/c1-3-10-8(11-9)7-6(12-2)4-5-13-7/h4-5H,3,9H2,1-2H3,(H,10,11). The van der Waals surface area contributed by atoms with E-state index in [0.717, 1.165) is 10.6 Å². The van der Waals surface area contributed by atoms with E-state index in [1.807, 2.05) is 18.4 Å². The van der Waals surface area contributed by atoms with E-state index in [2.05, 4.69) is 10.4 Å². The van der Waals surface area contributed by atoms with Crippen molar-refractivity contribution in [1.82, 2.24) is 5.43 Å². The molecular formula is C8H13N3OS. The number of hydrogen-bond acceptors (Lipinski definition) is 4. The van der Waals surface area contributed by atoms with Gasteiger partial charge in [-0.05, 0) is 18.4 Å². The van der Waals surface area contributed by atoms with E-state index in [9.17, 15) is 0 Å². The number of nitrogens with zero attached hydrogens (tertiary/aromatic N) is 1. The van der Waals surface area contributed by atoms with Crippen LogP contribution in [0.3, 0.4) is 0 Å². The Morgan fingerprint density at radius 1 is 1.77 bits per heavy atom. The molecule has 0 unspecified atom stereocenters. The lowest BCUT2D eigenvalue weighted by Gasteiger charge is -2.04. The molecule has 0 fully saturated rings.